The Labute approximate surface area is 152 Å². The van der Waals surface area contributed by atoms with Gasteiger partial charge in [0.25, 0.3) is 0 Å². The lowest BCUT2D eigenvalue weighted by Crippen LogP contribution is -2.27. The zero-order valence-electron chi connectivity index (χ0n) is 14.2. The minimum Gasteiger partial charge on any atom is -0.303 e. The minimum absolute atomic E-state index is 0.197. The van der Waals surface area contributed by atoms with Crippen molar-refractivity contribution in [2.75, 3.05) is 25.4 Å². The Kier molecular flexibility index (Phi) is 6.24. The quantitative estimate of drug-likeness (QED) is 0.695. The molecule has 0 fully saturated rings. The van der Waals surface area contributed by atoms with Gasteiger partial charge in [-0.2, -0.15) is 11.3 Å². The number of nitrogens with zero attached hydrogens (tertiary/aromatic N) is 3. The molecule has 2 heterocycles. The maximum atomic E-state index is 4.96. The molecular weight excluding hydrogens is 334 g/mol. The molecule has 5 heteroatoms. The first-order valence-electron chi connectivity index (χ1n) is 8.40. The fraction of sp³-hybridized carbons (Fsp3) is 0.368. The van der Waals surface area contributed by atoms with Gasteiger partial charge in [0, 0.05) is 24.1 Å². The summed E-state index contributed by atoms with van der Waals surface area (Å²) in [6, 6.07) is 10.3. The van der Waals surface area contributed by atoms with Gasteiger partial charge in [0.05, 0.1) is 22.3 Å². The molecule has 0 saturated carbocycles. The molecule has 1 aromatic carbocycles. The van der Waals surface area contributed by atoms with Crippen LogP contribution in [0.3, 0.4) is 0 Å². The van der Waals surface area contributed by atoms with Crippen LogP contribution in [0.15, 0.2) is 51.1 Å². The van der Waals surface area contributed by atoms with Crippen LogP contribution in [0.2, 0.25) is 0 Å². The van der Waals surface area contributed by atoms with Crippen molar-refractivity contribution in [3.8, 4) is 0 Å². The molecule has 24 heavy (non-hydrogen) atoms. The first kappa shape index (κ1) is 17.4. The molecule has 1 atom stereocenters. The number of thioether (sulfide) groups is 1. The predicted molar refractivity (Wildman–Crippen MR) is 109 cm³/mol. The van der Waals surface area contributed by atoms with E-state index >= 15 is 0 Å². The summed E-state index contributed by atoms with van der Waals surface area (Å²) in [5.74, 6) is 1.08. The van der Waals surface area contributed by atoms with Crippen molar-refractivity contribution in [2.45, 2.75) is 19.1 Å². The molecule has 0 amide bonds. The zero-order chi connectivity index (χ0) is 16.8. The van der Waals surface area contributed by atoms with Gasteiger partial charge >= 0.3 is 0 Å². The number of aliphatic imine (C=N–C) groups is 2. The Morgan fingerprint density at radius 1 is 1.12 bits per heavy atom. The van der Waals surface area contributed by atoms with Gasteiger partial charge in [-0.05, 0) is 42.0 Å². The lowest BCUT2D eigenvalue weighted by Gasteiger charge is -2.19. The van der Waals surface area contributed by atoms with Crippen LogP contribution < -0.4 is 0 Å². The number of hydrogen-bond donors (Lipinski definition) is 0. The fourth-order valence-electron chi connectivity index (χ4n) is 2.69. The molecule has 3 nitrogen and oxygen atoms in total. The van der Waals surface area contributed by atoms with E-state index < -0.39 is 0 Å². The zero-order valence-corrected chi connectivity index (χ0v) is 15.8. The molecule has 1 aromatic heterocycles. The van der Waals surface area contributed by atoms with Crippen LogP contribution in [0.4, 0.5) is 11.4 Å². The molecule has 126 valence electrons. The number of thiophene rings is 1. The average molecular weight is 358 g/mol. The Morgan fingerprint density at radius 3 is 2.62 bits per heavy atom. The molecule has 2 aromatic rings. The van der Waals surface area contributed by atoms with Crippen LogP contribution in [0.1, 0.15) is 19.4 Å². The molecule has 0 aliphatic carbocycles. The Bertz CT molecular complexity index is 703. The van der Waals surface area contributed by atoms with E-state index in [0.29, 0.717) is 0 Å². The third-order valence-corrected chi connectivity index (χ3v) is 5.96. The van der Waals surface area contributed by atoms with Crippen molar-refractivity contribution in [3.05, 3.63) is 46.7 Å². The maximum Gasteiger partial charge on any atom is 0.0890 e. The molecule has 1 aliphatic heterocycles. The Balaban J connectivity index is 1.82. The van der Waals surface area contributed by atoms with Crippen molar-refractivity contribution in [3.63, 3.8) is 0 Å². The Morgan fingerprint density at radius 2 is 1.92 bits per heavy atom. The first-order valence-corrected chi connectivity index (χ1v) is 10.4. The summed E-state index contributed by atoms with van der Waals surface area (Å²) in [4.78, 5) is 12.1. The van der Waals surface area contributed by atoms with Crippen molar-refractivity contribution in [1.29, 1.82) is 0 Å². The van der Waals surface area contributed by atoms with Gasteiger partial charge in [-0.15, -0.1) is 11.8 Å². The molecule has 0 spiro atoms. The number of benzene rings is 1. The summed E-state index contributed by atoms with van der Waals surface area (Å²) in [6.45, 7) is 7.75. The van der Waals surface area contributed by atoms with E-state index in [1.165, 1.54) is 5.56 Å². The van der Waals surface area contributed by atoms with Crippen LogP contribution in [-0.2, 0) is 0 Å². The van der Waals surface area contributed by atoms with Gasteiger partial charge in [-0.3, -0.25) is 4.99 Å². The highest BCUT2D eigenvalue weighted by atomic mass is 32.2. The van der Waals surface area contributed by atoms with Gasteiger partial charge in [-0.25, -0.2) is 4.99 Å². The van der Waals surface area contributed by atoms with Crippen LogP contribution in [-0.4, -0.2) is 47.5 Å². The normalized spacial score (nSPS) is 16.8. The standard InChI is InChI=1S/C19H23N3S2/c1-3-22(4-2)10-12-24-18-13-20-16-7-5-6-8-17(16)21-19(18)15-9-11-23-14-15/h5-9,11,13-14,18H,3-4,10,12H2,1-2H3. The summed E-state index contributed by atoms with van der Waals surface area (Å²) in [5, 5.41) is 4.49. The number of hydrogen-bond acceptors (Lipinski definition) is 5. The largest absolute Gasteiger partial charge is 0.303 e. The van der Waals surface area contributed by atoms with E-state index in [2.05, 4.69) is 41.8 Å². The first-order chi connectivity index (χ1) is 11.8. The Hall–Kier alpha value is -1.43. The smallest absolute Gasteiger partial charge is 0.0890 e. The highest BCUT2D eigenvalue weighted by Crippen LogP contribution is 2.32. The van der Waals surface area contributed by atoms with E-state index in [9.17, 15) is 0 Å². The van der Waals surface area contributed by atoms with Crippen LogP contribution >= 0.6 is 23.1 Å². The highest BCUT2D eigenvalue weighted by molar-refractivity contribution is 8.01. The lowest BCUT2D eigenvalue weighted by atomic mass is 10.1. The summed E-state index contributed by atoms with van der Waals surface area (Å²) in [7, 11) is 0. The minimum atomic E-state index is 0.197. The van der Waals surface area contributed by atoms with Crippen molar-refractivity contribution in [2.24, 2.45) is 9.98 Å². The number of rotatable bonds is 7. The molecular formula is C19H23N3S2. The van der Waals surface area contributed by atoms with Crippen LogP contribution in [0, 0.1) is 0 Å². The second-order valence-electron chi connectivity index (χ2n) is 5.59. The van der Waals surface area contributed by atoms with E-state index in [1.54, 1.807) is 11.3 Å². The van der Waals surface area contributed by atoms with Crippen LogP contribution in [0.25, 0.3) is 0 Å². The van der Waals surface area contributed by atoms with Gasteiger partial charge in [-0.1, -0.05) is 26.0 Å². The van der Waals surface area contributed by atoms with Gasteiger partial charge < -0.3 is 4.90 Å². The topological polar surface area (TPSA) is 28.0 Å². The predicted octanol–water partition coefficient (Wildman–Crippen LogP) is 5.03. The second kappa shape index (κ2) is 8.60. The van der Waals surface area contributed by atoms with E-state index in [4.69, 9.17) is 9.98 Å². The summed E-state index contributed by atoms with van der Waals surface area (Å²) < 4.78 is 0. The van der Waals surface area contributed by atoms with E-state index in [0.717, 1.165) is 42.5 Å². The van der Waals surface area contributed by atoms with Crippen molar-refractivity contribution in [1.82, 2.24) is 4.90 Å². The average Bonchev–Trinajstić information content (AvgIpc) is 3.08. The van der Waals surface area contributed by atoms with Crippen molar-refractivity contribution < 1.29 is 0 Å². The van der Waals surface area contributed by atoms with Crippen LogP contribution in [0.5, 0.6) is 0 Å². The maximum absolute atomic E-state index is 4.96. The fourth-order valence-corrected chi connectivity index (χ4v) is 4.45. The SMILES string of the molecule is CCN(CC)CCSC1C=Nc2ccccc2N=C1c1ccsc1. The van der Waals surface area contributed by atoms with Gasteiger partial charge in [0.2, 0.25) is 0 Å². The highest BCUT2D eigenvalue weighted by Gasteiger charge is 2.20. The van der Waals surface area contributed by atoms with Gasteiger partial charge in [0.15, 0.2) is 0 Å². The van der Waals surface area contributed by atoms with Crippen molar-refractivity contribution >= 4 is 46.4 Å². The summed E-state index contributed by atoms with van der Waals surface area (Å²) in [6.07, 6.45) is 2.06. The molecule has 1 aliphatic rings. The second-order valence-corrected chi connectivity index (χ2v) is 7.62. The summed E-state index contributed by atoms with van der Waals surface area (Å²) in [5.41, 5.74) is 4.25. The molecule has 0 saturated heterocycles. The number of para-hydroxylation sites is 2. The van der Waals surface area contributed by atoms with E-state index in [1.807, 2.05) is 36.0 Å². The van der Waals surface area contributed by atoms with E-state index in [-0.39, 0.29) is 5.25 Å². The molecule has 0 N–H and O–H groups in total. The third kappa shape index (κ3) is 4.15. The molecule has 0 bridgehead atoms. The lowest BCUT2D eigenvalue weighted by molar-refractivity contribution is 0.324. The monoisotopic (exact) mass is 357 g/mol. The van der Waals surface area contributed by atoms with Gasteiger partial charge in [0.1, 0.15) is 0 Å². The molecule has 3 rings (SSSR count). The summed E-state index contributed by atoms with van der Waals surface area (Å²) >= 11 is 3.65. The molecule has 1 unspecified atom stereocenters. The number of fused-ring (bicyclic) bond motifs is 1. The third-order valence-electron chi connectivity index (χ3n) is 4.16. The molecule has 0 radical (unpaired) electrons.